The largest absolute Gasteiger partial charge is 0.492 e. The molecule has 1 unspecified atom stereocenters. The van der Waals surface area contributed by atoms with Gasteiger partial charge in [-0.05, 0) is 24.6 Å². The molecule has 0 bridgehead atoms. The number of ether oxygens (including phenoxy) is 1. The van der Waals surface area contributed by atoms with Crippen molar-refractivity contribution in [3.8, 4) is 5.75 Å². The standard InChI is InChI=1S/C18H22FN3O/c1-14(15-7-4-3-5-8-15)22-18(20-2)21-11-12-23-17-10-6-9-16(19)13-17/h3-10,13-14H,11-12H2,1-2H3,(H2,20,21,22). The van der Waals surface area contributed by atoms with Gasteiger partial charge in [-0.25, -0.2) is 4.39 Å². The first-order valence-electron chi connectivity index (χ1n) is 7.59. The second-order valence-electron chi connectivity index (χ2n) is 5.08. The van der Waals surface area contributed by atoms with Crippen LogP contribution < -0.4 is 15.4 Å². The summed E-state index contributed by atoms with van der Waals surface area (Å²) < 4.78 is 18.5. The first kappa shape index (κ1) is 16.8. The zero-order chi connectivity index (χ0) is 16.5. The third-order valence-electron chi connectivity index (χ3n) is 3.34. The molecule has 0 amide bonds. The summed E-state index contributed by atoms with van der Waals surface area (Å²) in [7, 11) is 1.72. The van der Waals surface area contributed by atoms with Gasteiger partial charge in [-0.1, -0.05) is 36.4 Å². The summed E-state index contributed by atoms with van der Waals surface area (Å²) in [5, 5.41) is 6.49. The van der Waals surface area contributed by atoms with E-state index in [0.717, 1.165) is 0 Å². The van der Waals surface area contributed by atoms with Crippen LogP contribution in [-0.4, -0.2) is 26.2 Å². The summed E-state index contributed by atoms with van der Waals surface area (Å²) in [5.41, 5.74) is 1.19. The van der Waals surface area contributed by atoms with Crippen LogP contribution in [0.3, 0.4) is 0 Å². The van der Waals surface area contributed by atoms with Gasteiger partial charge in [0.1, 0.15) is 18.2 Å². The number of hydrogen-bond acceptors (Lipinski definition) is 2. The number of nitrogens with one attached hydrogen (secondary N) is 2. The summed E-state index contributed by atoms with van der Waals surface area (Å²) in [6.07, 6.45) is 0. The van der Waals surface area contributed by atoms with Crippen LogP contribution in [-0.2, 0) is 0 Å². The maximum Gasteiger partial charge on any atom is 0.191 e. The monoisotopic (exact) mass is 315 g/mol. The van der Waals surface area contributed by atoms with E-state index in [4.69, 9.17) is 4.74 Å². The molecule has 0 heterocycles. The summed E-state index contributed by atoms with van der Waals surface area (Å²) in [5.74, 6) is 0.918. The number of rotatable bonds is 6. The third kappa shape index (κ3) is 5.62. The molecule has 0 aromatic heterocycles. The lowest BCUT2D eigenvalue weighted by Crippen LogP contribution is -2.40. The lowest BCUT2D eigenvalue weighted by molar-refractivity contribution is 0.320. The highest BCUT2D eigenvalue weighted by molar-refractivity contribution is 5.80. The minimum atomic E-state index is -0.301. The molecule has 4 nitrogen and oxygen atoms in total. The molecule has 0 aliphatic heterocycles. The molecule has 2 rings (SSSR count). The molecule has 0 radical (unpaired) electrons. The van der Waals surface area contributed by atoms with E-state index < -0.39 is 0 Å². The smallest absolute Gasteiger partial charge is 0.191 e. The zero-order valence-corrected chi connectivity index (χ0v) is 13.4. The normalized spacial score (nSPS) is 12.6. The molecule has 2 aromatic carbocycles. The molecule has 5 heteroatoms. The zero-order valence-electron chi connectivity index (χ0n) is 13.4. The van der Waals surface area contributed by atoms with E-state index >= 15 is 0 Å². The van der Waals surface area contributed by atoms with Gasteiger partial charge in [-0.3, -0.25) is 4.99 Å². The van der Waals surface area contributed by atoms with E-state index in [-0.39, 0.29) is 11.9 Å². The van der Waals surface area contributed by atoms with Gasteiger partial charge in [0.2, 0.25) is 0 Å². The fraction of sp³-hybridized carbons (Fsp3) is 0.278. The molecular weight excluding hydrogens is 293 g/mol. The topological polar surface area (TPSA) is 45.7 Å². The Kier molecular flexibility index (Phi) is 6.41. The van der Waals surface area contributed by atoms with Crippen LogP contribution in [0.5, 0.6) is 5.75 Å². The maximum absolute atomic E-state index is 13.0. The molecule has 0 spiro atoms. The predicted molar refractivity (Wildman–Crippen MR) is 91.2 cm³/mol. The van der Waals surface area contributed by atoms with Gasteiger partial charge in [0.15, 0.2) is 5.96 Å². The van der Waals surface area contributed by atoms with Gasteiger partial charge in [0.05, 0.1) is 12.6 Å². The minimum Gasteiger partial charge on any atom is -0.492 e. The van der Waals surface area contributed by atoms with Gasteiger partial charge in [0.25, 0.3) is 0 Å². The molecule has 0 aliphatic rings. The van der Waals surface area contributed by atoms with Crippen molar-refractivity contribution in [1.82, 2.24) is 10.6 Å². The second-order valence-corrected chi connectivity index (χ2v) is 5.08. The Balaban J connectivity index is 1.75. The van der Waals surface area contributed by atoms with E-state index in [1.54, 1.807) is 19.2 Å². The molecule has 0 fully saturated rings. The average molecular weight is 315 g/mol. The quantitative estimate of drug-likeness (QED) is 0.489. The van der Waals surface area contributed by atoms with Gasteiger partial charge in [-0.15, -0.1) is 0 Å². The van der Waals surface area contributed by atoms with Crippen LogP contribution in [0.15, 0.2) is 59.6 Å². The van der Waals surface area contributed by atoms with Gasteiger partial charge >= 0.3 is 0 Å². The Morgan fingerprint density at radius 3 is 2.65 bits per heavy atom. The number of aliphatic imine (C=N–C) groups is 1. The van der Waals surface area contributed by atoms with E-state index in [9.17, 15) is 4.39 Å². The van der Waals surface area contributed by atoms with Crippen LogP contribution in [0, 0.1) is 5.82 Å². The van der Waals surface area contributed by atoms with Crippen molar-refractivity contribution in [3.05, 3.63) is 66.0 Å². The van der Waals surface area contributed by atoms with Crippen LogP contribution >= 0.6 is 0 Å². The second kappa shape index (κ2) is 8.78. The van der Waals surface area contributed by atoms with Crippen molar-refractivity contribution < 1.29 is 9.13 Å². The van der Waals surface area contributed by atoms with E-state index in [1.807, 2.05) is 18.2 Å². The van der Waals surface area contributed by atoms with Crippen molar-refractivity contribution in [1.29, 1.82) is 0 Å². The number of hydrogen-bond donors (Lipinski definition) is 2. The Labute approximate surface area is 136 Å². The Morgan fingerprint density at radius 2 is 1.96 bits per heavy atom. The van der Waals surface area contributed by atoms with Crippen molar-refractivity contribution >= 4 is 5.96 Å². The van der Waals surface area contributed by atoms with Crippen molar-refractivity contribution in [2.75, 3.05) is 20.2 Å². The Hall–Kier alpha value is -2.56. The van der Waals surface area contributed by atoms with Gasteiger partial charge in [0, 0.05) is 13.1 Å². The first-order chi connectivity index (χ1) is 11.2. The van der Waals surface area contributed by atoms with E-state index in [0.29, 0.717) is 24.9 Å². The fourth-order valence-electron chi connectivity index (χ4n) is 2.12. The number of guanidine groups is 1. The molecule has 0 saturated heterocycles. The average Bonchev–Trinajstić information content (AvgIpc) is 2.58. The molecule has 23 heavy (non-hydrogen) atoms. The molecule has 2 N–H and O–H groups in total. The van der Waals surface area contributed by atoms with Crippen LogP contribution in [0.4, 0.5) is 4.39 Å². The molecule has 2 aromatic rings. The van der Waals surface area contributed by atoms with Crippen LogP contribution in [0.25, 0.3) is 0 Å². The molecule has 0 aliphatic carbocycles. The van der Waals surface area contributed by atoms with Gasteiger partial charge in [-0.2, -0.15) is 0 Å². The highest BCUT2D eigenvalue weighted by Crippen LogP contribution is 2.12. The number of nitrogens with zero attached hydrogens (tertiary/aromatic N) is 1. The molecule has 1 atom stereocenters. The third-order valence-corrected chi connectivity index (χ3v) is 3.34. The lowest BCUT2D eigenvalue weighted by atomic mass is 10.1. The minimum absolute atomic E-state index is 0.145. The lowest BCUT2D eigenvalue weighted by Gasteiger charge is -2.18. The van der Waals surface area contributed by atoms with E-state index in [1.165, 1.54) is 17.7 Å². The van der Waals surface area contributed by atoms with Crippen molar-refractivity contribution in [2.24, 2.45) is 4.99 Å². The first-order valence-corrected chi connectivity index (χ1v) is 7.59. The van der Waals surface area contributed by atoms with Crippen molar-refractivity contribution in [3.63, 3.8) is 0 Å². The summed E-state index contributed by atoms with van der Waals surface area (Å²) in [4.78, 5) is 4.19. The number of halogens is 1. The summed E-state index contributed by atoms with van der Waals surface area (Å²) in [6, 6.07) is 16.4. The molecular formula is C18H22FN3O. The summed E-state index contributed by atoms with van der Waals surface area (Å²) >= 11 is 0. The van der Waals surface area contributed by atoms with Gasteiger partial charge < -0.3 is 15.4 Å². The van der Waals surface area contributed by atoms with Crippen molar-refractivity contribution in [2.45, 2.75) is 13.0 Å². The fourth-order valence-corrected chi connectivity index (χ4v) is 2.12. The van der Waals surface area contributed by atoms with E-state index in [2.05, 4.69) is 34.7 Å². The maximum atomic E-state index is 13.0. The summed E-state index contributed by atoms with van der Waals surface area (Å²) in [6.45, 7) is 3.06. The highest BCUT2D eigenvalue weighted by atomic mass is 19.1. The molecule has 0 saturated carbocycles. The molecule has 122 valence electrons. The van der Waals surface area contributed by atoms with Crippen LogP contribution in [0.2, 0.25) is 0 Å². The Morgan fingerprint density at radius 1 is 1.17 bits per heavy atom. The number of benzene rings is 2. The SMILES string of the molecule is CN=C(NCCOc1cccc(F)c1)NC(C)c1ccccc1. The predicted octanol–water partition coefficient (Wildman–Crippen LogP) is 3.13. The highest BCUT2D eigenvalue weighted by Gasteiger charge is 2.06. The van der Waals surface area contributed by atoms with Crippen LogP contribution in [0.1, 0.15) is 18.5 Å². The Bertz CT molecular complexity index is 631.